The summed E-state index contributed by atoms with van der Waals surface area (Å²) >= 11 is 0. The van der Waals surface area contributed by atoms with Gasteiger partial charge in [0.2, 0.25) is 0 Å². The van der Waals surface area contributed by atoms with E-state index < -0.39 is 0 Å². The third-order valence-electron chi connectivity index (χ3n) is 4.63. The van der Waals surface area contributed by atoms with E-state index in [-0.39, 0.29) is 5.91 Å². The molecule has 7 heteroatoms. The molecule has 1 aliphatic rings. The van der Waals surface area contributed by atoms with Crippen molar-refractivity contribution in [2.24, 2.45) is 4.99 Å². The van der Waals surface area contributed by atoms with Crippen molar-refractivity contribution in [3.8, 4) is 0 Å². The maximum absolute atomic E-state index is 12.3. The number of para-hydroxylation sites is 1. The Balaban J connectivity index is 1.85. The van der Waals surface area contributed by atoms with Gasteiger partial charge < -0.3 is 15.5 Å². The summed E-state index contributed by atoms with van der Waals surface area (Å²) in [7, 11) is 1.89. The normalized spacial score (nSPS) is 13.6. The van der Waals surface area contributed by atoms with Crippen molar-refractivity contribution in [1.29, 1.82) is 0 Å². The molecule has 1 aromatic carbocycles. The van der Waals surface area contributed by atoms with E-state index >= 15 is 0 Å². The van der Waals surface area contributed by atoms with Crippen LogP contribution in [0.3, 0.4) is 0 Å². The topological polar surface area (TPSA) is 82.5 Å². The smallest absolute Gasteiger partial charge is 0.265 e. The highest BCUT2D eigenvalue weighted by atomic mass is 16.1. The Labute approximate surface area is 159 Å². The predicted octanol–water partition coefficient (Wildman–Crippen LogP) is 2.30. The van der Waals surface area contributed by atoms with E-state index in [4.69, 9.17) is 0 Å². The maximum Gasteiger partial charge on any atom is 0.265 e. The maximum atomic E-state index is 12.3. The molecule has 2 heterocycles. The molecule has 0 saturated carbocycles. The third-order valence-corrected chi connectivity index (χ3v) is 4.63. The zero-order valence-electron chi connectivity index (χ0n) is 16.1. The molecular weight excluding hydrogens is 340 g/mol. The quantitative estimate of drug-likeness (QED) is 0.580. The summed E-state index contributed by atoms with van der Waals surface area (Å²) in [5.41, 5.74) is 4.25. The van der Waals surface area contributed by atoms with Crippen LogP contribution < -0.4 is 15.5 Å². The largest absolute Gasteiger partial charge is 0.351 e. The van der Waals surface area contributed by atoms with Crippen molar-refractivity contribution in [3.05, 3.63) is 41.9 Å². The van der Waals surface area contributed by atoms with Gasteiger partial charge in [0.25, 0.3) is 5.91 Å². The number of aliphatic imine (C=N–C) groups is 1. The Morgan fingerprint density at radius 3 is 2.89 bits per heavy atom. The number of rotatable bonds is 7. The molecule has 0 fully saturated rings. The van der Waals surface area contributed by atoms with Gasteiger partial charge in [0.05, 0.1) is 5.69 Å². The minimum atomic E-state index is -0.165. The first-order chi connectivity index (χ1) is 13.1. The van der Waals surface area contributed by atoms with Crippen molar-refractivity contribution < 1.29 is 4.79 Å². The molecule has 0 bridgehead atoms. The summed E-state index contributed by atoms with van der Waals surface area (Å²) in [6.45, 7) is 5.93. The number of fused-ring (bicyclic) bond motifs is 1. The van der Waals surface area contributed by atoms with Crippen molar-refractivity contribution in [2.45, 2.75) is 26.7 Å². The van der Waals surface area contributed by atoms with Gasteiger partial charge in [-0.15, -0.1) is 0 Å². The average Bonchev–Trinajstić information content (AvgIpc) is 3.10. The fourth-order valence-corrected chi connectivity index (χ4v) is 3.15. The van der Waals surface area contributed by atoms with Gasteiger partial charge >= 0.3 is 0 Å². The van der Waals surface area contributed by atoms with Crippen LogP contribution >= 0.6 is 0 Å². The van der Waals surface area contributed by atoms with Crippen molar-refractivity contribution in [3.63, 3.8) is 0 Å². The van der Waals surface area contributed by atoms with Crippen LogP contribution in [0.1, 0.15) is 24.6 Å². The van der Waals surface area contributed by atoms with Gasteiger partial charge in [-0.3, -0.25) is 4.79 Å². The van der Waals surface area contributed by atoms with Crippen molar-refractivity contribution in [1.82, 2.24) is 20.6 Å². The number of aryl methyl sites for hydroxylation is 1. The second-order valence-electron chi connectivity index (χ2n) is 6.57. The number of anilines is 2. The Morgan fingerprint density at radius 1 is 1.26 bits per heavy atom. The van der Waals surface area contributed by atoms with Crippen LogP contribution in [0.15, 0.2) is 35.6 Å². The molecule has 7 nitrogen and oxygen atoms in total. The summed E-state index contributed by atoms with van der Waals surface area (Å²) in [5.74, 6) is 0.580. The van der Waals surface area contributed by atoms with Gasteiger partial charge in [0.15, 0.2) is 5.82 Å². The van der Waals surface area contributed by atoms with Crippen LogP contribution in [0, 0.1) is 6.92 Å². The Hall–Kier alpha value is -2.80. The third kappa shape index (κ3) is 4.31. The standard InChI is InChI=1S/C20H26N6O/c1-14-18(25-15(2)20(27)22-11-6-10-21-3)19(24-13-23-14)26-12-9-16-7-4-5-8-17(16)26/h4-5,7-8,13,21H,6,9-12H2,1-3H3,(H,22,27). The van der Waals surface area contributed by atoms with E-state index in [9.17, 15) is 4.79 Å². The highest BCUT2D eigenvalue weighted by Gasteiger charge is 2.24. The fourth-order valence-electron chi connectivity index (χ4n) is 3.15. The molecule has 0 unspecified atom stereocenters. The van der Waals surface area contributed by atoms with Crippen LogP contribution in [0.4, 0.5) is 17.2 Å². The van der Waals surface area contributed by atoms with Gasteiger partial charge in [-0.1, -0.05) is 18.2 Å². The van der Waals surface area contributed by atoms with E-state index in [1.54, 1.807) is 13.3 Å². The monoisotopic (exact) mass is 366 g/mol. The summed E-state index contributed by atoms with van der Waals surface area (Å²) < 4.78 is 0. The zero-order valence-corrected chi connectivity index (χ0v) is 16.1. The number of hydrogen-bond donors (Lipinski definition) is 2. The summed E-state index contributed by atoms with van der Waals surface area (Å²) in [5, 5.41) is 5.96. The number of carbonyl (C=O) groups is 1. The Bertz CT molecular complexity index is 848. The second-order valence-corrected chi connectivity index (χ2v) is 6.57. The molecule has 0 saturated heterocycles. The summed E-state index contributed by atoms with van der Waals surface area (Å²) in [6, 6.07) is 8.30. The van der Waals surface area contributed by atoms with Crippen LogP contribution in [0.25, 0.3) is 0 Å². The Kier molecular flexibility index (Phi) is 6.13. The molecule has 0 radical (unpaired) electrons. The highest BCUT2D eigenvalue weighted by molar-refractivity contribution is 6.38. The first-order valence-corrected chi connectivity index (χ1v) is 9.27. The van der Waals surface area contributed by atoms with Crippen molar-refractivity contribution in [2.75, 3.05) is 31.6 Å². The molecule has 0 aliphatic carbocycles. The lowest BCUT2D eigenvalue weighted by Gasteiger charge is -2.20. The lowest BCUT2D eigenvalue weighted by molar-refractivity contribution is -0.114. The number of benzene rings is 1. The lowest BCUT2D eigenvalue weighted by atomic mass is 10.2. The van der Waals surface area contributed by atoms with E-state index in [0.29, 0.717) is 17.9 Å². The average molecular weight is 366 g/mol. The molecule has 0 spiro atoms. The van der Waals surface area contributed by atoms with Crippen LogP contribution in [-0.2, 0) is 11.2 Å². The van der Waals surface area contributed by atoms with E-state index in [2.05, 4.69) is 48.7 Å². The summed E-state index contributed by atoms with van der Waals surface area (Å²) in [4.78, 5) is 27.9. The number of nitrogens with zero attached hydrogens (tertiary/aromatic N) is 4. The fraction of sp³-hybridized carbons (Fsp3) is 0.400. The van der Waals surface area contributed by atoms with Gasteiger partial charge in [-0.25, -0.2) is 15.0 Å². The molecule has 2 aromatic rings. The molecule has 3 rings (SSSR count). The zero-order chi connectivity index (χ0) is 19.2. The number of hydrogen-bond acceptors (Lipinski definition) is 6. The molecule has 2 N–H and O–H groups in total. The lowest BCUT2D eigenvalue weighted by Crippen LogP contribution is -2.31. The number of aromatic nitrogens is 2. The minimum absolute atomic E-state index is 0.165. The molecule has 1 aromatic heterocycles. The van der Waals surface area contributed by atoms with Gasteiger partial charge in [-0.05, 0) is 51.9 Å². The van der Waals surface area contributed by atoms with Gasteiger partial charge in [-0.2, -0.15) is 0 Å². The second kappa shape index (κ2) is 8.73. The SMILES string of the molecule is CNCCCNC(=O)C(C)=Nc1c(C)ncnc1N1CCc2ccccc21. The minimum Gasteiger partial charge on any atom is -0.351 e. The first-order valence-electron chi connectivity index (χ1n) is 9.27. The summed E-state index contributed by atoms with van der Waals surface area (Å²) in [6.07, 6.45) is 3.39. The molecule has 0 atom stereocenters. The number of amides is 1. The highest BCUT2D eigenvalue weighted by Crippen LogP contribution is 2.38. The molecule has 142 valence electrons. The first kappa shape index (κ1) is 19.0. The van der Waals surface area contributed by atoms with Gasteiger partial charge in [0.1, 0.15) is 17.7 Å². The van der Waals surface area contributed by atoms with E-state index in [0.717, 1.165) is 43.1 Å². The van der Waals surface area contributed by atoms with E-state index in [1.807, 2.05) is 20.0 Å². The van der Waals surface area contributed by atoms with Crippen LogP contribution in [-0.4, -0.2) is 48.3 Å². The van der Waals surface area contributed by atoms with E-state index in [1.165, 1.54) is 5.56 Å². The van der Waals surface area contributed by atoms with Crippen molar-refractivity contribution >= 4 is 28.8 Å². The molecule has 1 amide bonds. The number of nitrogens with one attached hydrogen (secondary N) is 2. The predicted molar refractivity (Wildman–Crippen MR) is 108 cm³/mol. The molecule has 1 aliphatic heterocycles. The molecule has 27 heavy (non-hydrogen) atoms. The van der Waals surface area contributed by atoms with Gasteiger partial charge in [0, 0.05) is 18.8 Å². The van der Waals surface area contributed by atoms with Crippen LogP contribution in [0.5, 0.6) is 0 Å². The molecular formula is C20H26N6O. The Morgan fingerprint density at radius 2 is 2.07 bits per heavy atom. The number of carbonyl (C=O) groups excluding carboxylic acids is 1. The van der Waals surface area contributed by atoms with Crippen LogP contribution in [0.2, 0.25) is 0 Å².